The van der Waals surface area contributed by atoms with Crippen molar-refractivity contribution in [2.24, 2.45) is 0 Å². The van der Waals surface area contributed by atoms with Gasteiger partial charge in [-0.2, -0.15) is 0 Å². The van der Waals surface area contributed by atoms with Crippen molar-refractivity contribution in [1.29, 1.82) is 0 Å². The fraction of sp³-hybridized carbons (Fsp3) is 0.407. The quantitative estimate of drug-likeness (QED) is 0.584. The van der Waals surface area contributed by atoms with Gasteiger partial charge in [-0.25, -0.2) is 4.98 Å². The first-order chi connectivity index (χ1) is 16.4. The molecule has 1 aromatic heterocycles. The minimum absolute atomic E-state index is 0.00737. The van der Waals surface area contributed by atoms with Gasteiger partial charge in [-0.15, -0.1) is 0 Å². The van der Waals surface area contributed by atoms with Crippen molar-refractivity contribution in [3.8, 4) is 5.88 Å². The summed E-state index contributed by atoms with van der Waals surface area (Å²) >= 11 is 0. The summed E-state index contributed by atoms with van der Waals surface area (Å²) in [7, 11) is 4.25. The number of hydrogen-bond acceptors (Lipinski definition) is 6. The highest BCUT2D eigenvalue weighted by Gasteiger charge is 2.28. The maximum Gasteiger partial charge on any atom is 0.257 e. The minimum Gasteiger partial charge on any atom is -0.493 e. The zero-order valence-corrected chi connectivity index (χ0v) is 20.2. The number of likely N-dealkylation sites (tertiary alicyclic amines) is 1. The lowest BCUT2D eigenvalue weighted by Crippen LogP contribution is -2.56. The van der Waals surface area contributed by atoms with Gasteiger partial charge in [0.25, 0.3) is 5.91 Å². The Kier molecular flexibility index (Phi) is 6.15. The van der Waals surface area contributed by atoms with Gasteiger partial charge < -0.3 is 20.2 Å². The summed E-state index contributed by atoms with van der Waals surface area (Å²) in [4.78, 5) is 24.7. The van der Waals surface area contributed by atoms with Crippen LogP contribution < -0.4 is 10.2 Å². The first kappa shape index (κ1) is 22.6. The molecule has 0 unspecified atom stereocenters. The first-order valence-corrected chi connectivity index (χ1v) is 12.1. The van der Waals surface area contributed by atoms with Crippen molar-refractivity contribution in [3.63, 3.8) is 0 Å². The van der Waals surface area contributed by atoms with E-state index in [-0.39, 0.29) is 11.8 Å². The Balaban J connectivity index is 1.40. The molecule has 2 aromatic carbocycles. The maximum atomic E-state index is 13.5. The molecular formula is C27H33N5O2. The zero-order valence-electron chi connectivity index (χ0n) is 20.2. The molecule has 0 aliphatic carbocycles. The maximum absolute atomic E-state index is 13.5. The van der Waals surface area contributed by atoms with E-state index in [1.54, 1.807) is 6.07 Å². The summed E-state index contributed by atoms with van der Waals surface area (Å²) < 4.78 is 0. The van der Waals surface area contributed by atoms with E-state index in [0.29, 0.717) is 11.6 Å². The smallest absolute Gasteiger partial charge is 0.257 e. The minimum atomic E-state index is -0.0951. The Morgan fingerprint density at radius 2 is 1.88 bits per heavy atom. The summed E-state index contributed by atoms with van der Waals surface area (Å²) in [5.41, 5.74) is 5.26. The van der Waals surface area contributed by atoms with Crippen molar-refractivity contribution >= 4 is 28.2 Å². The third kappa shape index (κ3) is 4.58. The topological polar surface area (TPSA) is 71.9 Å². The van der Waals surface area contributed by atoms with Crippen LogP contribution in [-0.2, 0) is 6.54 Å². The molecule has 3 aromatic rings. The lowest BCUT2D eigenvalue weighted by atomic mass is 10.0. The number of carbonyl (C=O) groups is 1. The van der Waals surface area contributed by atoms with Gasteiger partial charge in [-0.05, 0) is 75.3 Å². The number of aryl methyl sites for hydroxylation is 1. The van der Waals surface area contributed by atoms with Crippen LogP contribution in [0.4, 0.5) is 11.4 Å². The zero-order chi connectivity index (χ0) is 23.8. The normalized spacial score (nSPS) is 16.9. The molecule has 178 valence electrons. The van der Waals surface area contributed by atoms with E-state index in [9.17, 15) is 9.90 Å². The molecule has 34 heavy (non-hydrogen) atoms. The van der Waals surface area contributed by atoms with Gasteiger partial charge in [0.15, 0.2) is 0 Å². The van der Waals surface area contributed by atoms with Gasteiger partial charge in [0.05, 0.1) is 11.1 Å². The van der Waals surface area contributed by atoms with Crippen LogP contribution in [-0.4, -0.2) is 72.1 Å². The molecule has 0 atom stereocenters. The van der Waals surface area contributed by atoms with E-state index in [1.165, 1.54) is 5.56 Å². The number of benzene rings is 2. The second kappa shape index (κ2) is 9.24. The van der Waals surface area contributed by atoms with Crippen LogP contribution in [0.2, 0.25) is 0 Å². The fourth-order valence-electron chi connectivity index (χ4n) is 5.01. The van der Waals surface area contributed by atoms with Crippen molar-refractivity contribution < 1.29 is 9.90 Å². The van der Waals surface area contributed by atoms with E-state index in [1.807, 2.05) is 25.1 Å². The number of amides is 1. The Morgan fingerprint density at radius 1 is 1.12 bits per heavy atom. The molecule has 2 saturated heterocycles. The van der Waals surface area contributed by atoms with Crippen LogP contribution in [0.15, 0.2) is 42.5 Å². The first-order valence-electron chi connectivity index (χ1n) is 12.1. The molecule has 0 radical (unpaired) electrons. The average molecular weight is 460 g/mol. The lowest BCUT2D eigenvalue weighted by Gasteiger charge is -2.43. The van der Waals surface area contributed by atoms with Gasteiger partial charge in [-0.3, -0.25) is 9.69 Å². The fourth-order valence-corrected chi connectivity index (χ4v) is 5.01. The summed E-state index contributed by atoms with van der Waals surface area (Å²) in [6.45, 7) is 6.88. The average Bonchev–Trinajstić information content (AvgIpc) is 3.30. The third-order valence-corrected chi connectivity index (χ3v) is 7.09. The number of hydrogen-bond donors (Lipinski definition) is 2. The molecule has 5 rings (SSSR count). The molecule has 0 saturated carbocycles. The number of pyridine rings is 1. The lowest BCUT2D eigenvalue weighted by molar-refractivity contribution is 0.0573. The number of rotatable bonds is 6. The third-order valence-electron chi connectivity index (χ3n) is 7.09. The summed E-state index contributed by atoms with van der Waals surface area (Å²) in [5.74, 6) is -0.0878. The standard InChI is InChI=1S/C27H33N5O2/c1-18-12-26(33)29-24-8-7-20(14-22(18)24)28-27(34)23-13-19(15-31-16-21(17-31)30(2)3)6-9-25(23)32-10-4-5-11-32/h6-9,12-14,21H,4-5,10-11,15-17H2,1-3H3,(H,28,34)(H,29,33). The number of nitrogens with zero attached hydrogens (tertiary/aromatic N) is 4. The highest BCUT2D eigenvalue weighted by Crippen LogP contribution is 2.29. The van der Waals surface area contributed by atoms with Gasteiger partial charge >= 0.3 is 0 Å². The van der Waals surface area contributed by atoms with E-state index in [0.717, 1.165) is 73.5 Å². The van der Waals surface area contributed by atoms with Crippen LogP contribution >= 0.6 is 0 Å². The molecule has 7 heteroatoms. The molecule has 2 fully saturated rings. The van der Waals surface area contributed by atoms with E-state index in [2.05, 4.69) is 57.3 Å². The second-order valence-corrected chi connectivity index (χ2v) is 9.84. The van der Waals surface area contributed by atoms with Gasteiger partial charge in [0, 0.05) is 61.6 Å². The van der Waals surface area contributed by atoms with Crippen LogP contribution in [0, 0.1) is 6.92 Å². The second-order valence-electron chi connectivity index (χ2n) is 9.84. The van der Waals surface area contributed by atoms with Crippen molar-refractivity contribution in [2.45, 2.75) is 32.4 Å². The molecule has 1 amide bonds. The van der Waals surface area contributed by atoms with E-state index >= 15 is 0 Å². The van der Waals surface area contributed by atoms with Crippen molar-refractivity contribution in [3.05, 3.63) is 59.2 Å². The Labute approximate surface area is 201 Å². The number of likely N-dealkylation sites (N-methyl/N-ethyl adjacent to an activating group) is 1. The molecule has 2 aliphatic heterocycles. The van der Waals surface area contributed by atoms with Crippen molar-refractivity contribution in [2.75, 3.05) is 50.5 Å². The van der Waals surface area contributed by atoms with Crippen molar-refractivity contribution in [1.82, 2.24) is 14.8 Å². The van der Waals surface area contributed by atoms with Crippen LogP contribution in [0.1, 0.15) is 34.3 Å². The molecule has 2 aliphatic rings. The van der Waals surface area contributed by atoms with Gasteiger partial charge in [0.2, 0.25) is 5.88 Å². The summed E-state index contributed by atoms with van der Waals surface area (Å²) in [5, 5.41) is 13.8. The van der Waals surface area contributed by atoms with Gasteiger partial charge in [-0.1, -0.05) is 6.07 Å². The number of carbonyl (C=O) groups excluding carboxylic acids is 1. The highest BCUT2D eigenvalue weighted by molar-refractivity contribution is 6.09. The molecular weight excluding hydrogens is 426 g/mol. The highest BCUT2D eigenvalue weighted by atomic mass is 16.3. The number of aromatic nitrogens is 1. The Morgan fingerprint density at radius 3 is 2.62 bits per heavy atom. The molecule has 2 N–H and O–H groups in total. The van der Waals surface area contributed by atoms with Gasteiger partial charge in [0.1, 0.15) is 0 Å². The Bertz CT molecular complexity index is 1210. The summed E-state index contributed by atoms with van der Waals surface area (Å²) in [6.07, 6.45) is 2.32. The number of fused-ring (bicyclic) bond motifs is 1. The van der Waals surface area contributed by atoms with Crippen LogP contribution in [0.3, 0.4) is 0 Å². The SMILES string of the molecule is Cc1cc(O)nc2ccc(NC(=O)c3cc(CN4CC(N(C)C)C4)ccc3N3CCCC3)cc12. The van der Waals surface area contributed by atoms with E-state index < -0.39 is 0 Å². The Hall–Kier alpha value is -3.16. The monoisotopic (exact) mass is 459 g/mol. The predicted molar refractivity (Wildman–Crippen MR) is 137 cm³/mol. The number of anilines is 2. The number of aromatic hydroxyl groups is 1. The molecule has 3 heterocycles. The predicted octanol–water partition coefficient (Wildman–Crippen LogP) is 3.85. The van der Waals surface area contributed by atoms with Crippen LogP contribution in [0.25, 0.3) is 10.9 Å². The summed E-state index contributed by atoms with van der Waals surface area (Å²) in [6, 6.07) is 14.2. The largest absolute Gasteiger partial charge is 0.493 e. The number of nitrogens with one attached hydrogen (secondary N) is 1. The molecule has 0 bridgehead atoms. The molecule has 7 nitrogen and oxygen atoms in total. The molecule has 0 spiro atoms. The van der Waals surface area contributed by atoms with E-state index in [4.69, 9.17) is 0 Å². The van der Waals surface area contributed by atoms with Crippen LogP contribution in [0.5, 0.6) is 5.88 Å².